The van der Waals surface area contributed by atoms with Gasteiger partial charge in [-0.2, -0.15) is 13.2 Å². The maximum atomic E-state index is 12.6. The van der Waals surface area contributed by atoms with Gasteiger partial charge in [0.05, 0.1) is 10.5 Å². The third kappa shape index (κ3) is 4.22. The molecule has 1 aromatic carbocycles. The van der Waals surface area contributed by atoms with E-state index in [1.807, 2.05) is 0 Å². The van der Waals surface area contributed by atoms with Crippen LogP contribution in [0.1, 0.15) is 11.3 Å². The molecule has 1 fully saturated rings. The molecule has 1 aliphatic heterocycles. The molecule has 1 saturated heterocycles. The molecule has 1 amide bonds. The first-order valence-electron chi connectivity index (χ1n) is 7.40. The van der Waals surface area contributed by atoms with Crippen molar-refractivity contribution in [2.45, 2.75) is 6.18 Å². The SMILES string of the molecule is O=C(O)CN1C(=O)/C(=C/c2ccc(-c3ccc(C(F)(F)F)cc3)o2)SC1=S. The summed E-state index contributed by atoms with van der Waals surface area (Å²) in [5, 5.41) is 8.81. The zero-order valence-corrected chi connectivity index (χ0v) is 15.0. The molecule has 0 radical (unpaired) electrons. The van der Waals surface area contributed by atoms with Gasteiger partial charge in [0.1, 0.15) is 22.4 Å². The van der Waals surface area contributed by atoms with Crippen LogP contribution in [0.5, 0.6) is 0 Å². The lowest BCUT2D eigenvalue weighted by Crippen LogP contribution is -2.33. The fraction of sp³-hybridized carbons (Fsp3) is 0.118. The number of alkyl halides is 3. The normalized spacial score (nSPS) is 16.4. The Bertz CT molecular complexity index is 948. The number of amides is 1. The number of rotatable bonds is 4. The van der Waals surface area contributed by atoms with Gasteiger partial charge < -0.3 is 9.52 Å². The summed E-state index contributed by atoms with van der Waals surface area (Å²) in [6, 6.07) is 7.60. The number of hydrogen-bond donors (Lipinski definition) is 1. The summed E-state index contributed by atoms with van der Waals surface area (Å²) in [7, 11) is 0. The van der Waals surface area contributed by atoms with Crippen molar-refractivity contribution in [3.05, 3.63) is 52.6 Å². The standard InChI is InChI=1S/C17H10F3NO4S2/c18-17(19,20)10-3-1-9(2-4-10)12-6-5-11(25-12)7-13-15(24)21(8-14(22)23)16(26)27-13/h1-7H,8H2,(H,22,23)/b13-7-. The highest BCUT2D eigenvalue weighted by atomic mass is 32.2. The monoisotopic (exact) mass is 413 g/mol. The van der Waals surface area contributed by atoms with Gasteiger partial charge in [-0.3, -0.25) is 14.5 Å². The van der Waals surface area contributed by atoms with Crippen molar-refractivity contribution < 1.29 is 32.3 Å². The molecule has 0 bridgehead atoms. The van der Waals surface area contributed by atoms with Gasteiger partial charge in [0.15, 0.2) is 0 Å². The molecule has 2 heterocycles. The van der Waals surface area contributed by atoms with E-state index >= 15 is 0 Å². The second-order valence-corrected chi connectivity index (χ2v) is 7.11. The van der Waals surface area contributed by atoms with Crippen molar-refractivity contribution in [3.8, 4) is 11.3 Å². The van der Waals surface area contributed by atoms with E-state index in [0.717, 1.165) is 28.8 Å². The molecule has 0 saturated carbocycles. The van der Waals surface area contributed by atoms with Crippen LogP contribution in [0.2, 0.25) is 0 Å². The molecule has 2 aromatic rings. The van der Waals surface area contributed by atoms with Crippen LogP contribution < -0.4 is 0 Å². The highest BCUT2D eigenvalue weighted by molar-refractivity contribution is 8.26. The summed E-state index contributed by atoms with van der Waals surface area (Å²) < 4.78 is 43.5. The maximum absolute atomic E-state index is 12.6. The third-order valence-electron chi connectivity index (χ3n) is 3.56. The smallest absolute Gasteiger partial charge is 0.416 e. The second-order valence-electron chi connectivity index (χ2n) is 5.44. The Kier molecular flexibility index (Phi) is 5.11. The Morgan fingerprint density at radius 3 is 2.48 bits per heavy atom. The maximum Gasteiger partial charge on any atom is 0.416 e. The van der Waals surface area contributed by atoms with E-state index < -0.39 is 30.2 Å². The van der Waals surface area contributed by atoms with Crippen LogP contribution in [0.3, 0.4) is 0 Å². The predicted octanol–water partition coefficient (Wildman–Crippen LogP) is 4.25. The summed E-state index contributed by atoms with van der Waals surface area (Å²) in [6.45, 7) is -0.531. The van der Waals surface area contributed by atoms with Crippen LogP contribution in [0.25, 0.3) is 17.4 Å². The summed E-state index contributed by atoms with van der Waals surface area (Å²) in [5.74, 6) is -1.10. The number of thioether (sulfide) groups is 1. The van der Waals surface area contributed by atoms with E-state index in [1.54, 1.807) is 12.1 Å². The number of furan rings is 1. The van der Waals surface area contributed by atoms with E-state index in [1.165, 1.54) is 18.2 Å². The number of carbonyl (C=O) groups excluding carboxylic acids is 1. The minimum Gasteiger partial charge on any atom is -0.480 e. The lowest BCUT2D eigenvalue weighted by Gasteiger charge is -2.09. The highest BCUT2D eigenvalue weighted by Crippen LogP contribution is 2.34. The zero-order valence-electron chi connectivity index (χ0n) is 13.3. The molecule has 1 N–H and O–H groups in total. The molecule has 5 nitrogen and oxygen atoms in total. The minimum atomic E-state index is -4.42. The van der Waals surface area contributed by atoms with Gasteiger partial charge in [0.25, 0.3) is 5.91 Å². The summed E-state index contributed by atoms with van der Waals surface area (Å²) in [6.07, 6.45) is -3.01. The molecule has 0 atom stereocenters. The summed E-state index contributed by atoms with van der Waals surface area (Å²) in [4.78, 5) is 24.2. The molecule has 0 aliphatic carbocycles. The average Bonchev–Trinajstić information content (AvgIpc) is 3.15. The lowest BCUT2D eigenvalue weighted by molar-refractivity contribution is -0.140. The molecule has 10 heteroatoms. The van der Waals surface area contributed by atoms with Crippen LogP contribution in [0, 0.1) is 0 Å². The number of benzene rings is 1. The van der Waals surface area contributed by atoms with Gasteiger partial charge in [-0.25, -0.2) is 0 Å². The Morgan fingerprint density at radius 1 is 1.22 bits per heavy atom. The van der Waals surface area contributed by atoms with E-state index in [2.05, 4.69) is 0 Å². The van der Waals surface area contributed by atoms with Crippen LogP contribution in [-0.2, 0) is 15.8 Å². The first-order chi connectivity index (χ1) is 12.6. The average molecular weight is 413 g/mol. The molecule has 3 rings (SSSR count). The summed E-state index contributed by atoms with van der Waals surface area (Å²) in [5.41, 5.74) is -0.318. The van der Waals surface area contributed by atoms with Gasteiger partial charge in [0.2, 0.25) is 0 Å². The van der Waals surface area contributed by atoms with Crippen molar-refractivity contribution in [3.63, 3.8) is 0 Å². The van der Waals surface area contributed by atoms with E-state index in [-0.39, 0.29) is 9.23 Å². The van der Waals surface area contributed by atoms with Crippen molar-refractivity contribution in [1.82, 2.24) is 4.90 Å². The molecule has 140 valence electrons. The van der Waals surface area contributed by atoms with Crippen molar-refractivity contribution >= 4 is 46.3 Å². The lowest BCUT2D eigenvalue weighted by atomic mass is 10.1. The highest BCUT2D eigenvalue weighted by Gasteiger charge is 2.33. The number of hydrogen-bond acceptors (Lipinski definition) is 5. The van der Waals surface area contributed by atoms with E-state index in [9.17, 15) is 22.8 Å². The van der Waals surface area contributed by atoms with E-state index in [0.29, 0.717) is 17.1 Å². The molecule has 1 aromatic heterocycles. The molecule has 0 spiro atoms. The van der Waals surface area contributed by atoms with Crippen LogP contribution in [-0.4, -0.2) is 32.7 Å². The van der Waals surface area contributed by atoms with Crippen LogP contribution >= 0.6 is 24.0 Å². The number of carboxylic acids is 1. The fourth-order valence-corrected chi connectivity index (χ4v) is 3.54. The number of aliphatic carboxylic acids is 1. The zero-order chi connectivity index (χ0) is 19.8. The summed E-state index contributed by atoms with van der Waals surface area (Å²) >= 11 is 5.94. The number of carbonyl (C=O) groups is 2. The van der Waals surface area contributed by atoms with Gasteiger partial charge >= 0.3 is 12.1 Å². The van der Waals surface area contributed by atoms with Crippen molar-refractivity contribution in [1.29, 1.82) is 0 Å². The quantitative estimate of drug-likeness (QED) is 0.597. The van der Waals surface area contributed by atoms with Gasteiger partial charge in [-0.1, -0.05) is 36.1 Å². The molecular formula is C17H10F3NO4S2. The largest absolute Gasteiger partial charge is 0.480 e. The minimum absolute atomic E-state index is 0.128. The Hall–Kier alpha value is -2.59. The van der Waals surface area contributed by atoms with Crippen LogP contribution in [0.4, 0.5) is 13.2 Å². The fourth-order valence-electron chi connectivity index (χ4n) is 2.31. The molecule has 27 heavy (non-hydrogen) atoms. The molecule has 1 aliphatic rings. The van der Waals surface area contributed by atoms with Gasteiger partial charge in [-0.15, -0.1) is 0 Å². The number of halogens is 3. The Morgan fingerprint density at radius 2 is 1.89 bits per heavy atom. The van der Waals surface area contributed by atoms with Gasteiger partial charge in [-0.05, 0) is 24.3 Å². The number of carboxylic acid groups (broad SMARTS) is 1. The molecule has 0 unspecified atom stereocenters. The van der Waals surface area contributed by atoms with E-state index in [4.69, 9.17) is 21.7 Å². The second kappa shape index (κ2) is 7.20. The molecular weight excluding hydrogens is 403 g/mol. The number of thiocarbonyl (C=S) groups is 1. The number of nitrogens with zero attached hydrogens (tertiary/aromatic N) is 1. The van der Waals surface area contributed by atoms with Gasteiger partial charge in [0, 0.05) is 11.6 Å². The Balaban J connectivity index is 1.80. The Labute approximate surface area is 160 Å². The third-order valence-corrected chi connectivity index (χ3v) is 4.94. The topological polar surface area (TPSA) is 70.8 Å². The van der Waals surface area contributed by atoms with Crippen molar-refractivity contribution in [2.75, 3.05) is 6.54 Å². The first kappa shape index (κ1) is 19.2. The van der Waals surface area contributed by atoms with Crippen molar-refractivity contribution in [2.24, 2.45) is 0 Å². The first-order valence-corrected chi connectivity index (χ1v) is 8.62. The van der Waals surface area contributed by atoms with Crippen LogP contribution in [0.15, 0.2) is 45.7 Å². The predicted molar refractivity (Wildman–Crippen MR) is 96.7 cm³/mol.